The molecular formula is C7H10O2S2. The number of rotatable bonds is 2. The molecule has 0 aromatic rings. The Hall–Kier alpha value is 0.180. The Bertz CT molecular complexity index is 155. The monoisotopic (exact) mass is 190 g/mol. The van der Waals surface area contributed by atoms with Gasteiger partial charge in [0, 0.05) is 11.5 Å². The highest BCUT2D eigenvalue weighted by molar-refractivity contribution is 8.76. The fraction of sp³-hybridized carbons (Fsp3) is 0.714. The van der Waals surface area contributed by atoms with Crippen molar-refractivity contribution in [1.82, 2.24) is 0 Å². The van der Waals surface area contributed by atoms with E-state index in [9.17, 15) is 5.11 Å². The first-order chi connectivity index (χ1) is 5.34. The second kappa shape index (κ2) is 4.94. The van der Waals surface area contributed by atoms with Gasteiger partial charge in [0.25, 0.3) is 0 Å². The second-order valence-electron chi connectivity index (χ2n) is 2.19. The molecule has 1 rings (SSSR count). The third kappa shape index (κ3) is 2.96. The molecule has 1 saturated heterocycles. The highest BCUT2D eigenvalue weighted by atomic mass is 33.1. The summed E-state index contributed by atoms with van der Waals surface area (Å²) >= 11 is 0. The van der Waals surface area contributed by atoms with Crippen molar-refractivity contribution in [2.45, 2.75) is 12.2 Å². The van der Waals surface area contributed by atoms with Gasteiger partial charge in [-0.05, 0) is 0 Å². The molecule has 11 heavy (non-hydrogen) atoms. The maximum atomic E-state index is 9.37. The van der Waals surface area contributed by atoms with Crippen molar-refractivity contribution in [3.63, 3.8) is 0 Å². The minimum Gasteiger partial charge on any atom is -0.389 e. The van der Waals surface area contributed by atoms with Crippen LogP contribution in [0.25, 0.3) is 0 Å². The molecule has 0 amide bonds. The third-order valence-corrected chi connectivity index (χ3v) is 3.79. The van der Waals surface area contributed by atoms with Crippen LogP contribution in [-0.4, -0.2) is 35.4 Å². The molecule has 62 valence electrons. The zero-order valence-corrected chi connectivity index (χ0v) is 7.66. The molecule has 1 unspecified atom stereocenters. The van der Waals surface area contributed by atoms with Crippen LogP contribution in [0.4, 0.5) is 0 Å². The molecular weight excluding hydrogens is 180 g/mol. The van der Waals surface area contributed by atoms with Gasteiger partial charge >= 0.3 is 0 Å². The minimum absolute atomic E-state index is 0.0719. The number of aliphatic hydroxyl groups is 1. The van der Waals surface area contributed by atoms with Crippen LogP contribution in [0.2, 0.25) is 0 Å². The molecule has 4 heteroatoms. The number of hydrogen-bond acceptors (Lipinski definition) is 4. The molecule has 2 nitrogen and oxygen atoms in total. The van der Waals surface area contributed by atoms with E-state index < -0.39 is 0 Å². The van der Waals surface area contributed by atoms with Gasteiger partial charge < -0.3 is 9.84 Å². The lowest BCUT2D eigenvalue weighted by Crippen LogP contribution is -2.35. The highest BCUT2D eigenvalue weighted by Gasteiger charge is 2.24. The van der Waals surface area contributed by atoms with E-state index >= 15 is 0 Å². The Morgan fingerprint density at radius 1 is 1.55 bits per heavy atom. The Kier molecular flexibility index (Phi) is 4.16. The first-order valence-electron chi connectivity index (χ1n) is 3.32. The highest BCUT2D eigenvalue weighted by Crippen LogP contribution is 2.30. The molecule has 1 fully saturated rings. The summed E-state index contributed by atoms with van der Waals surface area (Å²) in [4.78, 5) is 0. The number of terminal acetylenes is 1. The zero-order chi connectivity index (χ0) is 8.10. The molecule has 0 aliphatic carbocycles. The predicted octanol–water partition coefficient (Wildman–Crippen LogP) is 0.761. The van der Waals surface area contributed by atoms with Gasteiger partial charge in [-0.15, -0.1) is 6.42 Å². The van der Waals surface area contributed by atoms with E-state index in [0.717, 1.165) is 11.5 Å². The molecule has 0 spiro atoms. The standard InChI is InChI=1S/C7H10O2S2/c1-2-3-9-7-5-11-10-4-6(7)8/h1,6-8H,3-5H2/t6-,7?/m0/s1. The van der Waals surface area contributed by atoms with Gasteiger partial charge in [0.1, 0.15) is 6.61 Å². The van der Waals surface area contributed by atoms with Crippen LogP contribution in [0.5, 0.6) is 0 Å². The lowest BCUT2D eigenvalue weighted by atomic mass is 10.2. The lowest BCUT2D eigenvalue weighted by Gasteiger charge is -2.25. The summed E-state index contributed by atoms with van der Waals surface area (Å²) in [5.74, 6) is 3.95. The summed E-state index contributed by atoms with van der Waals surface area (Å²) in [5, 5.41) is 9.37. The quantitative estimate of drug-likeness (QED) is 0.514. The maximum Gasteiger partial charge on any atom is 0.108 e. The molecule has 1 aliphatic rings. The largest absolute Gasteiger partial charge is 0.389 e. The van der Waals surface area contributed by atoms with E-state index in [1.807, 2.05) is 0 Å². The fourth-order valence-corrected chi connectivity index (χ4v) is 3.16. The molecule has 1 aliphatic heterocycles. The maximum absolute atomic E-state index is 9.37. The first kappa shape index (κ1) is 9.27. The van der Waals surface area contributed by atoms with Crippen LogP contribution in [0, 0.1) is 12.3 Å². The van der Waals surface area contributed by atoms with E-state index in [1.165, 1.54) is 0 Å². The Balaban J connectivity index is 2.25. The summed E-state index contributed by atoms with van der Waals surface area (Å²) < 4.78 is 5.22. The molecule has 0 radical (unpaired) electrons. The molecule has 1 N–H and O–H groups in total. The van der Waals surface area contributed by atoms with Crippen LogP contribution in [0.1, 0.15) is 0 Å². The number of ether oxygens (including phenoxy) is 1. The van der Waals surface area contributed by atoms with Gasteiger partial charge in [-0.3, -0.25) is 0 Å². The van der Waals surface area contributed by atoms with Crippen molar-refractivity contribution in [2.24, 2.45) is 0 Å². The summed E-state index contributed by atoms with van der Waals surface area (Å²) in [6.07, 6.45) is 4.60. The predicted molar refractivity (Wildman–Crippen MR) is 49.5 cm³/mol. The van der Waals surface area contributed by atoms with Crippen LogP contribution in [0.15, 0.2) is 0 Å². The molecule has 0 bridgehead atoms. The molecule has 0 aromatic carbocycles. The van der Waals surface area contributed by atoms with Gasteiger partial charge in [-0.2, -0.15) is 0 Å². The van der Waals surface area contributed by atoms with Crippen LogP contribution in [0.3, 0.4) is 0 Å². The summed E-state index contributed by atoms with van der Waals surface area (Å²) in [6, 6.07) is 0. The molecule has 0 saturated carbocycles. The third-order valence-electron chi connectivity index (χ3n) is 1.36. The van der Waals surface area contributed by atoms with E-state index in [-0.39, 0.29) is 12.2 Å². The van der Waals surface area contributed by atoms with E-state index in [4.69, 9.17) is 11.2 Å². The Morgan fingerprint density at radius 3 is 2.91 bits per heavy atom. The van der Waals surface area contributed by atoms with E-state index in [2.05, 4.69) is 5.92 Å². The van der Waals surface area contributed by atoms with Crippen molar-refractivity contribution < 1.29 is 9.84 Å². The number of aliphatic hydroxyl groups excluding tert-OH is 1. The summed E-state index contributed by atoms with van der Waals surface area (Å²) in [5.41, 5.74) is 0. The van der Waals surface area contributed by atoms with Crippen LogP contribution in [-0.2, 0) is 4.74 Å². The van der Waals surface area contributed by atoms with E-state index in [0.29, 0.717) is 6.61 Å². The molecule has 0 aromatic heterocycles. The summed E-state index contributed by atoms with van der Waals surface area (Å²) in [7, 11) is 3.40. The molecule has 1 heterocycles. The SMILES string of the molecule is C#CCOC1CSSC[C@@H]1O. The minimum atomic E-state index is -0.352. The van der Waals surface area contributed by atoms with Crippen molar-refractivity contribution in [3.05, 3.63) is 0 Å². The average molecular weight is 190 g/mol. The van der Waals surface area contributed by atoms with Gasteiger partial charge in [0.05, 0.1) is 12.2 Å². The van der Waals surface area contributed by atoms with Crippen molar-refractivity contribution in [2.75, 3.05) is 18.1 Å². The number of hydrogen-bond donors (Lipinski definition) is 1. The second-order valence-corrected chi connectivity index (χ2v) is 4.74. The fourth-order valence-electron chi connectivity index (χ4n) is 0.766. The van der Waals surface area contributed by atoms with Gasteiger partial charge in [-0.1, -0.05) is 27.5 Å². The van der Waals surface area contributed by atoms with Crippen molar-refractivity contribution in [1.29, 1.82) is 0 Å². The van der Waals surface area contributed by atoms with Crippen molar-refractivity contribution >= 4 is 21.6 Å². The van der Waals surface area contributed by atoms with Gasteiger partial charge in [0.2, 0.25) is 0 Å². The summed E-state index contributed by atoms with van der Waals surface area (Å²) in [6.45, 7) is 0.299. The van der Waals surface area contributed by atoms with Crippen molar-refractivity contribution in [3.8, 4) is 12.3 Å². The normalized spacial score (nSPS) is 31.3. The Morgan fingerprint density at radius 2 is 2.27 bits per heavy atom. The van der Waals surface area contributed by atoms with Crippen LogP contribution < -0.4 is 0 Å². The van der Waals surface area contributed by atoms with Gasteiger partial charge in [-0.25, -0.2) is 0 Å². The Labute approximate surface area is 74.5 Å². The smallest absolute Gasteiger partial charge is 0.108 e. The topological polar surface area (TPSA) is 29.5 Å². The zero-order valence-electron chi connectivity index (χ0n) is 6.03. The van der Waals surface area contributed by atoms with Gasteiger partial charge in [0.15, 0.2) is 0 Å². The average Bonchev–Trinajstić information content (AvgIpc) is 2.03. The lowest BCUT2D eigenvalue weighted by molar-refractivity contribution is 0.000827. The molecule has 2 atom stereocenters. The first-order valence-corrected chi connectivity index (χ1v) is 5.81. The van der Waals surface area contributed by atoms with E-state index in [1.54, 1.807) is 21.6 Å². The van der Waals surface area contributed by atoms with Crippen LogP contribution >= 0.6 is 21.6 Å².